The van der Waals surface area contributed by atoms with Crippen LogP contribution in [0.25, 0.3) is 0 Å². The van der Waals surface area contributed by atoms with E-state index in [0.717, 1.165) is 31.6 Å². The molecule has 0 spiro atoms. The highest BCUT2D eigenvalue weighted by Gasteiger charge is 2.30. The highest BCUT2D eigenvalue weighted by atomic mass is 35.5. The molecule has 1 aromatic rings. The number of rotatable bonds is 6. The summed E-state index contributed by atoms with van der Waals surface area (Å²) in [6.45, 7) is 5.10. The van der Waals surface area contributed by atoms with E-state index in [1.807, 2.05) is 42.2 Å². The Kier molecular flexibility index (Phi) is 9.19. The Morgan fingerprint density at radius 2 is 1.69 bits per heavy atom. The monoisotopic (exact) mass is 402 g/mol. The molecule has 1 aliphatic heterocycles. The molecule has 2 N–H and O–H groups in total. The molecule has 8 heteroatoms. The van der Waals surface area contributed by atoms with Gasteiger partial charge in [-0.2, -0.15) is 0 Å². The quantitative estimate of drug-likeness (QED) is 0.760. The van der Waals surface area contributed by atoms with Crippen LogP contribution >= 0.6 is 24.8 Å². The summed E-state index contributed by atoms with van der Waals surface area (Å²) in [4.78, 5) is 28.5. The fourth-order valence-corrected chi connectivity index (χ4v) is 2.92. The van der Waals surface area contributed by atoms with Crippen molar-refractivity contribution in [3.05, 3.63) is 30.3 Å². The number of anilines is 1. The Labute approximate surface area is 167 Å². The summed E-state index contributed by atoms with van der Waals surface area (Å²) in [6, 6.07) is 10.0. The van der Waals surface area contributed by atoms with Crippen molar-refractivity contribution in [1.82, 2.24) is 15.1 Å². The first-order chi connectivity index (χ1) is 11.6. The van der Waals surface area contributed by atoms with Crippen LogP contribution in [0, 0.1) is 0 Å². The van der Waals surface area contributed by atoms with Crippen molar-refractivity contribution in [2.24, 2.45) is 0 Å². The molecule has 1 aromatic carbocycles. The van der Waals surface area contributed by atoms with Gasteiger partial charge in [0.05, 0.1) is 12.6 Å². The summed E-state index contributed by atoms with van der Waals surface area (Å²) in [5.41, 5.74) is 0.954. The topological polar surface area (TPSA) is 64.7 Å². The highest BCUT2D eigenvalue weighted by molar-refractivity contribution is 5.85. The second-order valence-electron chi connectivity index (χ2n) is 6.60. The van der Waals surface area contributed by atoms with Crippen LogP contribution in [0.15, 0.2) is 30.3 Å². The molecule has 1 unspecified atom stereocenters. The number of nitrogens with zero attached hydrogens (tertiary/aromatic N) is 2. The fourth-order valence-electron chi connectivity index (χ4n) is 2.92. The van der Waals surface area contributed by atoms with E-state index < -0.39 is 0 Å². The minimum atomic E-state index is -0.120. The molecule has 3 rings (SSSR count). The van der Waals surface area contributed by atoms with Gasteiger partial charge in [0, 0.05) is 37.9 Å². The van der Waals surface area contributed by atoms with Gasteiger partial charge >= 0.3 is 0 Å². The molecule has 1 aliphatic carbocycles. The average molecular weight is 403 g/mol. The lowest BCUT2D eigenvalue weighted by Crippen LogP contribution is -2.55. The van der Waals surface area contributed by atoms with E-state index in [2.05, 4.69) is 15.5 Å². The van der Waals surface area contributed by atoms with E-state index in [-0.39, 0.29) is 42.7 Å². The maximum absolute atomic E-state index is 12.3. The standard InChI is InChI=1S/C18H26N4O2.2ClH/c1-14(18(24)20-16-7-8-16)21-9-11-22(12-10-21)17(23)13-19-15-5-3-2-4-6-15;;/h2-6,14,16,19H,7-13H2,1H3,(H,20,24);2*1H. The van der Waals surface area contributed by atoms with Gasteiger partial charge in [0.2, 0.25) is 11.8 Å². The van der Waals surface area contributed by atoms with E-state index in [1.54, 1.807) is 0 Å². The molecule has 0 radical (unpaired) electrons. The minimum absolute atomic E-state index is 0. The van der Waals surface area contributed by atoms with E-state index in [4.69, 9.17) is 0 Å². The average Bonchev–Trinajstić information content (AvgIpc) is 3.44. The molecule has 6 nitrogen and oxygen atoms in total. The number of piperazine rings is 1. The maximum atomic E-state index is 12.3. The van der Waals surface area contributed by atoms with Crippen molar-refractivity contribution in [3.8, 4) is 0 Å². The molecule has 2 fully saturated rings. The van der Waals surface area contributed by atoms with Crippen molar-refractivity contribution >= 4 is 42.3 Å². The summed E-state index contributed by atoms with van der Waals surface area (Å²) < 4.78 is 0. The molecule has 1 heterocycles. The lowest BCUT2D eigenvalue weighted by molar-refractivity contribution is -0.132. The summed E-state index contributed by atoms with van der Waals surface area (Å²) in [5.74, 6) is 0.219. The van der Waals surface area contributed by atoms with Crippen LogP contribution in [0.1, 0.15) is 19.8 Å². The van der Waals surface area contributed by atoms with Gasteiger partial charge in [0.1, 0.15) is 0 Å². The first kappa shape index (κ1) is 22.5. The Bertz CT molecular complexity index is 576. The van der Waals surface area contributed by atoms with Crippen molar-refractivity contribution in [1.29, 1.82) is 0 Å². The lowest BCUT2D eigenvalue weighted by Gasteiger charge is -2.37. The maximum Gasteiger partial charge on any atom is 0.241 e. The van der Waals surface area contributed by atoms with Crippen molar-refractivity contribution < 1.29 is 9.59 Å². The van der Waals surface area contributed by atoms with Crippen molar-refractivity contribution in [3.63, 3.8) is 0 Å². The molecule has 1 atom stereocenters. The summed E-state index contributed by atoms with van der Waals surface area (Å²) in [5, 5.41) is 6.21. The molecule has 2 amide bonds. The summed E-state index contributed by atoms with van der Waals surface area (Å²) in [6.07, 6.45) is 2.21. The van der Waals surface area contributed by atoms with E-state index in [0.29, 0.717) is 25.7 Å². The number of hydrogen-bond donors (Lipinski definition) is 2. The Morgan fingerprint density at radius 1 is 1.08 bits per heavy atom. The van der Waals surface area contributed by atoms with Gasteiger partial charge < -0.3 is 15.5 Å². The molecule has 0 bridgehead atoms. The van der Waals surface area contributed by atoms with E-state index in [9.17, 15) is 9.59 Å². The Balaban J connectivity index is 0.00000169. The molecule has 2 aliphatic rings. The molecule has 0 aromatic heterocycles. The summed E-state index contributed by atoms with van der Waals surface area (Å²) >= 11 is 0. The van der Waals surface area contributed by atoms with Crippen LogP contribution < -0.4 is 10.6 Å². The predicted octanol–water partition coefficient (Wildman–Crippen LogP) is 1.75. The second kappa shape index (κ2) is 10.6. The van der Waals surface area contributed by atoms with Gasteiger partial charge in [-0.15, -0.1) is 24.8 Å². The van der Waals surface area contributed by atoms with Gasteiger partial charge in [-0.05, 0) is 31.9 Å². The third kappa shape index (κ3) is 6.34. The zero-order valence-corrected chi connectivity index (χ0v) is 16.7. The van der Waals surface area contributed by atoms with E-state index >= 15 is 0 Å². The van der Waals surface area contributed by atoms with Gasteiger partial charge in [0.15, 0.2) is 0 Å². The molecular weight excluding hydrogens is 375 g/mol. The molecule has 1 saturated carbocycles. The second-order valence-corrected chi connectivity index (χ2v) is 6.60. The number of carbonyl (C=O) groups is 2. The van der Waals surface area contributed by atoms with Gasteiger partial charge in [-0.3, -0.25) is 14.5 Å². The van der Waals surface area contributed by atoms with Crippen LogP contribution in [0.2, 0.25) is 0 Å². The van der Waals surface area contributed by atoms with Gasteiger partial charge in [-0.25, -0.2) is 0 Å². The predicted molar refractivity (Wildman–Crippen MR) is 108 cm³/mol. The Hall–Kier alpha value is -1.50. The third-order valence-electron chi connectivity index (χ3n) is 4.74. The van der Waals surface area contributed by atoms with Gasteiger partial charge in [-0.1, -0.05) is 18.2 Å². The lowest BCUT2D eigenvalue weighted by atomic mass is 10.2. The molecule has 146 valence electrons. The SMILES string of the molecule is CC(C(=O)NC1CC1)N1CCN(C(=O)CNc2ccccc2)CC1.Cl.Cl. The smallest absolute Gasteiger partial charge is 0.241 e. The normalized spacial score (nSPS) is 18.1. The number of para-hydroxylation sites is 1. The highest BCUT2D eigenvalue weighted by Crippen LogP contribution is 2.19. The molecular formula is C18H28Cl2N4O2. The zero-order valence-electron chi connectivity index (χ0n) is 15.0. The Morgan fingerprint density at radius 3 is 2.27 bits per heavy atom. The fraction of sp³-hybridized carbons (Fsp3) is 0.556. The molecule has 26 heavy (non-hydrogen) atoms. The summed E-state index contributed by atoms with van der Waals surface area (Å²) in [7, 11) is 0. The number of amides is 2. The first-order valence-electron chi connectivity index (χ1n) is 8.74. The van der Waals surface area contributed by atoms with Crippen LogP contribution in [-0.2, 0) is 9.59 Å². The van der Waals surface area contributed by atoms with Crippen LogP contribution in [0.3, 0.4) is 0 Å². The van der Waals surface area contributed by atoms with Crippen LogP contribution in [0.5, 0.6) is 0 Å². The van der Waals surface area contributed by atoms with Crippen molar-refractivity contribution in [2.75, 3.05) is 38.0 Å². The van der Waals surface area contributed by atoms with E-state index in [1.165, 1.54) is 0 Å². The van der Waals surface area contributed by atoms with Gasteiger partial charge in [0.25, 0.3) is 0 Å². The van der Waals surface area contributed by atoms with Crippen LogP contribution in [0.4, 0.5) is 5.69 Å². The van der Waals surface area contributed by atoms with Crippen molar-refractivity contribution in [2.45, 2.75) is 31.8 Å². The number of hydrogen-bond acceptors (Lipinski definition) is 4. The number of halogens is 2. The number of nitrogens with one attached hydrogen (secondary N) is 2. The largest absolute Gasteiger partial charge is 0.376 e. The molecule has 1 saturated heterocycles. The number of benzene rings is 1. The zero-order chi connectivity index (χ0) is 16.9. The first-order valence-corrected chi connectivity index (χ1v) is 8.74. The van der Waals surface area contributed by atoms with Crippen LogP contribution in [-0.4, -0.2) is 66.4 Å². The third-order valence-corrected chi connectivity index (χ3v) is 4.74. The number of carbonyl (C=O) groups excluding carboxylic acids is 2. The minimum Gasteiger partial charge on any atom is -0.376 e.